The SMILES string of the molecule is C=C(C)/C=C\C(=C/N)c1ccccc1. The summed E-state index contributed by atoms with van der Waals surface area (Å²) < 4.78 is 0. The van der Waals surface area contributed by atoms with Crippen molar-refractivity contribution in [2.75, 3.05) is 0 Å². The van der Waals surface area contributed by atoms with Crippen LogP contribution in [0.4, 0.5) is 0 Å². The van der Waals surface area contributed by atoms with Crippen molar-refractivity contribution in [3.63, 3.8) is 0 Å². The van der Waals surface area contributed by atoms with Gasteiger partial charge in [-0.2, -0.15) is 0 Å². The van der Waals surface area contributed by atoms with E-state index in [2.05, 4.69) is 6.58 Å². The molecule has 1 heteroatoms. The molecular formula is C13H15N. The molecule has 0 saturated carbocycles. The number of rotatable bonds is 3. The Labute approximate surface area is 85.3 Å². The van der Waals surface area contributed by atoms with E-state index in [1.807, 2.05) is 49.4 Å². The fourth-order valence-electron chi connectivity index (χ4n) is 1.11. The Morgan fingerprint density at radius 2 is 1.86 bits per heavy atom. The number of benzene rings is 1. The van der Waals surface area contributed by atoms with Crippen LogP contribution >= 0.6 is 0 Å². The van der Waals surface area contributed by atoms with Crippen LogP contribution in [-0.4, -0.2) is 0 Å². The maximum atomic E-state index is 5.55. The fraction of sp³-hybridized carbons (Fsp3) is 0.0769. The minimum atomic E-state index is 1.01. The van der Waals surface area contributed by atoms with Gasteiger partial charge >= 0.3 is 0 Å². The Kier molecular flexibility index (Phi) is 3.74. The molecule has 0 spiro atoms. The molecule has 0 radical (unpaired) electrons. The van der Waals surface area contributed by atoms with Crippen molar-refractivity contribution < 1.29 is 0 Å². The molecule has 0 saturated heterocycles. The Bertz CT molecular complexity index is 358. The van der Waals surface area contributed by atoms with Crippen LogP contribution in [0.1, 0.15) is 12.5 Å². The molecule has 0 fully saturated rings. The minimum Gasteiger partial charge on any atom is -0.404 e. The minimum absolute atomic E-state index is 1.01. The summed E-state index contributed by atoms with van der Waals surface area (Å²) in [6, 6.07) is 10.0. The molecule has 72 valence electrons. The molecule has 2 N–H and O–H groups in total. The lowest BCUT2D eigenvalue weighted by Gasteiger charge is -2.00. The summed E-state index contributed by atoms with van der Waals surface area (Å²) in [5.74, 6) is 0. The van der Waals surface area contributed by atoms with E-state index < -0.39 is 0 Å². The maximum Gasteiger partial charge on any atom is 0.00175 e. The molecule has 0 aliphatic heterocycles. The first kappa shape index (κ1) is 10.3. The number of hydrogen-bond donors (Lipinski definition) is 1. The van der Waals surface area contributed by atoms with E-state index in [1.165, 1.54) is 0 Å². The molecule has 0 aliphatic rings. The summed E-state index contributed by atoms with van der Waals surface area (Å²) in [4.78, 5) is 0. The highest BCUT2D eigenvalue weighted by molar-refractivity contribution is 5.73. The lowest BCUT2D eigenvalue weighted by atomic mass is 10.1. The Morgan fingerprint density at radius 1 is 1.21 bits per heavy atom. The second-order valence-electron chi connectivity index (χ2n) is 3.17. The van der Waals surface area contributed by atoms with Crippen LogP contribution in [0.25, 0.3) is 5.57 Å². The second kappa shape index (κ2) is 5.07. The monoisotopic (exact) mass is 185 g/mol. The molecule has 0 atom stereocenters. The lowest BCUT2D eigenvalue weighted by molar-refractivity contribution is 1.52. The van der Waals surface area contributed by atoms with E-state index >= 15 is 0 Å². The highest BCUT2D eigenvalue weighted by atomic mass is 14.5. The van der Waals surface area contributed by atoms with Crippen molar-refractivity contribution in [1.82, 2.24) is 0 Å². The van der Waals surface area contributed by atoms with Crippen molar-refractivity contribution in [1.29, 1.82) is 0 Å². The zero-order valence-corrected chi connectivity index (χ0v) is 8.40. The molecule has 14 heavy (non-hydrogen) atoms. The van der Waals surface area contributed by atoms with Crippen LogP contribution in [0.2, 0.25) is 0 Å². The maximum absolute atomic E-state index is 5.55. The smallest absolute Gasteiger partial charge is 0.00175 e. The summed E-state index contributed by atoms with van der Waals surface area (Å²) in [5, 5.41) is 0. The van der Waals surface area contributed by atoms with Crippen molar-refractivity contribution >= 4 is 5.57 Å². The van der Waals surface area contributed by atoms with E-state index in [1.54, 1.807) is 6.20 Å². The van der Waals surface area contributed by atoms with Crippen LogP contribution in [0.3, 0.4) is 0 Å². The van der Waals surface area contributed by atoms with Gasteiger partial charge in [-0.05, 0) is 18.1 Å². The van der Waals surface area contributed by atoms with Gasteiger partial charge in [-0.3, -0.25) is 0 Å². The van der Waals surface area contributed by atoms with Gasteiger partial charge in [-0.1, -0.05) is 54.6 Å². The van der Waals surface area contributed by atoms with Crippen molar-refractivity contribution in [2.45, 2.75) is 6.92 Å². The molecule has 1 aromatic rings. The zero-order chi connectivity index (χ0) is 10.4. The average molecular weight is 185 g/mol. The number of nitrogens with two attached hydrogens (primary N) is 1. The summed E-state index contributed by atoms with van der Waals surface area (Å²) in [5.41, 5.74) is 8.69. The first-order valence-corrected chi connectivity index (χ1v) is 4.55. The Hall–Kier alpha value is -1.76. The third-order valence-electron chi connectivity index (χ3n) is 1.83. The summed E-state index contributed by atoms with van der Waals surface area (Å²) >= 11 is 0. The van der Waals surface area contributed by atoms with Gasteiger partial charge in [0.2, 0.25) is 0 Å². The molecule has 1 nitrogen and oxygen atoms in total. The fourth-order valence-corrected chi connectivity index (χ4v) is 1.11. The van der Waals surface area contributed by atoms with Gasteiger partial charge in [0, 0.05) is 6.20 Å². The molecule has 1 rings (SSSR count). The van der Waals surface area contributed by atoms with E-state index in [4.69, 9.17) is 5.73 Å². The summed E-state index contributed by atoms with van der Waals surface area (Å²) in [7, 11) is 0. The van der Waals surface area contributed by atoms with Crippen LogP contribution in [0.15, 0.2) is 60.8 Å². The second-order valence-corrected chi connectivity index (χ2v) is 3.17. The van der Waals surface area contributed by atoms with Gasteiger partial charge in [-0.25, -0.2) is 0 Å². The number of allylic oxidation sites excluding steroid dienone is 4. The lowest BCUT2D eigenvalue weighted by Crippen LogP contribution is -1.86. The van der Waals surface area contributed by atoms with Crippen LogP contribution in [0, 0.1) is 0 Å². The summed E-state index contributed by atoms with van der Waals surface area (Å²) in [6.07, 6.45) is 5.53. The molecule has 0 amide bonds. The van der Waals surface area contributed by atoms with Crippen molar-refractivity contribution in [3.05, 3.63) is 66.4 Å². The third-order valence-corrected chi connectivity index (χ3v) is 1.83. The highest BCUT2D eigenvalue weighted by Gasteiger charge is 1.94. The molecule has 0 unspecified atom stereocenters. The molecule has 0 aromatic heterocycles. The predicted octanol–water partition coefficient (Wildman–Crippen LogP) is 3.12. The Balaban J connectivity index is 2.90. The van der Waals surface area contributed by atoms with E-state index in [-0.39, 0.29) is 0 Å². The first-order valence-electron chi connectivity index (χ1n) is 4.55. The highest BCUT2D eigenvalue weighted by Crippen LogP contribution is 2.14. The van der Waals surface area contributed by atoms with Crippen LogP contribution < -0.4 is 5.73 Å². The number of hydrogen-bond acceptors (Lipinski definition) is 1. The van der Waals surface area contributed by atoms with E-state index in [0.29, 0.717) is 0 Å². The van der Waals surface area contributed by atoms with Gasteiger partial charge in [-0.15, -0.1) is 0 Å². The van der Waals surface area contributed by atoms with Gasteiger partial charge in [0.15, 0.2) is 0 Å². The molecular weight excluding hydrogens is 170 g/mol. The topological polar surface area (TPSA) is 26.0 Å². The Morgan fingerprint density at radius 3 is 2.36 bits per heavy atom. The van der Waals surface area contributed by atoms with Crippen molar-refractivity contribution in [3.8, 4) is 0 Å². The quantitative estimate of drug-likeness (QED) is 0.719. The van der Waals surface area contributed by atoms with Crippen molar-refractivity contribution in [2.24, 2.45) is 5.73 Å². The predicted molar refractivity (Wildman–Crippen MR) is 62.6 cm³/mol. The largest absolute Gasteiger partial charge is 0.404 e. The van der Waals surface area contributed by atoms with E-state index in [0.717, 1.165) is 16.7 Å². The van der Waals surface area contributed by atoms with E-state index in [9.17, 15) is 0 Å². The standard InChI is InChI=1S/C13H15N/c1-11(2)8-9-13(10-14)12-6-4-3-5-7-12/h3-10H,1,14H2,2H3/b9-8-,13-10+. The summed E-state index contributed by atoms with van der Waals surface area (Å²) in [6.45, 7) is 5.75. The van der Waals surface area contributed by atoms with Gasteiger partial charge < -0.3 is 5.73 Å². The normalized spacial score (nSPS) is 11.9. The van der Waals surface area contributed by atoms with Crippen LogP contribution in [-0.2, 0) is 0 Å². The van der Waals surface area contributed by atoms with Gasteiger partial charge in [0.05, 0.1) is 0 Å². The van der Waals surface area contributed by atoms with Gasteiger partial charge in [0.25, 0.3) is 0 Å². The molecule has 0 aliphatic carbocycles. The molecule has 0 bridgehead atoms. The molecule has 0 heterocycles. The zero-order valence-electron chi connectivity index (χ0n) is 8.40. The third kappa shape index (κ3) is 2.94. The average Bonchev–Trinajstić information content (AvgIpc) is 2.20. The molecule has 1 aromatic carbocycles. The van der Waals surface area contributed by atoms with Crippen LogP contribution in [0.5, 0.6) is 0 Å². The first-order chi connectivity index (χ1) is 6.74. The van der Waals surface area contributed by atoms with Gasteiger partial charge in [0.1, 0.15) is 0 Å².